The van der Waals surface area contributed by atoms with Crippen LogP contribution in [0.4, 0.5) is 14.4 Å². The minimum absolute atomic E-state index is 0.0408. The Bertz CT molecular complexity index is 413. The number of carboxylic acids is 1. The highest BCUT2D eigenvalue weighted by molar-refractivity contribution is 5.85. The van der Waals surface area contributed by atoms with Gasteiger partial charge in [0.2, 0.25) is 0 Å². The van der Waals surface area contributed by atoms with E-state index in [1.165, 1.54) is 0 Å². The van der Waals surface area contributed by atoms with Crippen LogP contribution < -0.4 is 0 Å². The first-order valence-electron chi connectivity index (χ1n) is 6.34. The standard InChI is InChI=1S/C11H18N2O10/c14-8(15)7-12(9(16)17)1-3-22-5-6-23-4-2-13(10(18)19)11(20)21/h1-7H2,(H,14,15)(H,16,17)(H,18,19)(H,20,21). The molecule has 0 rings (SSSR count). The zero-order chi connectivity index (χ0) is 17.8. The Morgan fingerprint density at radius 3 is 1.57 bits per heavy atom. The maximum atomic E-state index is 10.7. The maximum Gasteiger partial charge on any atom is 0.416 e. The number of nitrogens with zero attached hydrogens (tertiary/aromatic N) is 2. The van der Waals surface area contributed by atoms with E-state index in [2.05, 4.69) is 0 Å². The zero-order valence-corrected chi connectivity index (χ0v) is 12.1. The summed E-state index contributed by atoms with van der Waals surface area (Å²) in [5, 5.41) is 34.3. The summed E-state index contributed by atoms with van der Waals surface area (Å²) in [4.78, 5) is 43.0. The van der Waals surface area contributed by atoms with Gasteiger partial charge in [-0.25, -0.2) is 19.3 Å². The molecule has 0 saturated carbocycles. The average molecular weight is 338 g/mol. The Kier molecular flexibility index (Phi) is 9.78. The quantitative estimate of drug-likeness (QED) is 0.367. The first kappa shape index (κ1) is 20.4. The fraction of sp³-hybridized carbons (Fsp3) is 0.636. The van der Waals surface area contributed by atoms with E-state index in [9.17, 15) is 19.2 Å². The lowest BCUT2D eigenvalue weighted by Gasteiger charge is -2.16. The van der Waals surface area contributed by atoms with Crippen LogP contribution in [0.3, 0.4) is 0 Å². The third kappa shape index (κ3) is 9.87. The molecule has 0 aliphatic carbocycles. The first-order valence-corrected chi connectivity index (χ1v) is 6.34. The van der Waals surface area contributed by atoms with E-state index >= 15 is 0 Å². The van der Waals surface area contributed by atoms with E-state index in [0.29, 0.717) is 4.90 Å². The molecule has 0 aromatic rings. The number of carbonyl (C=O) groups is 4. The Labute approximate surface area is 130 Å². The van der Waals surface area contributed by atoms with E-state index in [-0.39, 0.29) is 44.4 Å². The lowest BCUT2D eigenvalue weighted by atomic mass is 10.5. The van der Waals surface area contributed by atoms with Crippen molar-refractivity contribution in [1.82, 2.24) is 9.80 Å². The molecule has 0 fully saturated rings. The number of hydrogen-bond acceptors (Lipinski definition) is 6. The average Bonchev–Trinajstić information content (AvgIpc) is 2.42. The number of amides is 3. The van der Waals surface area contributed by atoms with Gasteiger partial charge in [-0.05, 0) is 0 Å². The second-order valence-corrected chi connectivity index (χ2v) is 4.04. The van der Waals surface area contributed by atoms with Crippen LogP contribution in [0.2, 0.25) is 0 Å². The van der Waals surface area contributed by atoms with Gasteiger partial charge in [-0.15, -0.1) is 0 Å². The minimum atomic E-state index is -1.61. The summed E-state index contributed by atoms with van der Waals surface area (Å²) in [5.41, 5.74) is 0. The van der Waals surface area contributed by atoms with Crippen LogP contribution in [0, 0.1) is 0 Å². The predicted molar refractivity (Wildman–Crippen MR) is 71.6 cm³/mol. The molecule has 4 N–H and O–H groups in total. The normalized spacial score (nSPS) is 10.1. The highest BCUT2D eigenvalue weighted by Crippen LogP contribution is 1.92. The summed E-state index contributed by atoms with van der Waals surface area (Å²) in [5.74, 6) is -1.28. The zero-order valence-electron chi connectivity index (χ0n) is 12.1. The highest BCUT2D eigenvalue weighted by atomic mass is 16.5. The van der Waals surface area contributed by atoms with Crippen LogP contribution in [-0.4, -0.2) is 101 Å². The van der Waals surface area contributed by atoms with Gasteiger partial charge in [0.1, 0.15) is 6.54 Å². The molecule has 0 unspecified atom stereocenters. The molecule has 0 heterocycles. The molecule has 12 heteroatoms. The molecule has 0 spiro atoms. The van der Waals surface area contributed by atoms with Crippen molar-refractivity contribution < 1.29 is 49.1 Å². The molecular formula is C11H18N2O10. The number of hydrogen-bond donors (Lipinski definition) is 4. The summed E-state index contributed by atoms with van der Waals surface area (Å²) in [6, 6.07) is 0. The summed E-state index contributed by atoms with van der Waals surface area (Å²) in [7, 11) is 0. The van der Waals surface area contributed by atoms with E-state index < -0.39 is 30.8 Å². The molecule has 0 atom stereocenters. The first-order chi connectivity index (χ1) is 10.8. The van der Waals surface area contributed by atoms with E-state index in [0.717, 1.165) is 0 Å². The third-order valence-corrected chi connectivity index (χ3v) is 2.40. The van der Waals surface area contributed by atoms with Crippen molar-refractivity contribution in [3.05, 3.63) is 0 Å². The van der Waals surface area contributed by atoms with Crippen LogP contribution in [0.25, 0.3) is 0 Å². The number of aliphatic carboxylic acids is 1. The van der Waals surface area contributed by atoms with Gasteiger partial charge in [0.25, 0.3) is 0 Å². The largest absolute Gasteiger partial charge is 0.480 e. The molecule has 132 valence electrons. The van der Waals surface area contributed by atoms with Gasteiger partial charge >= 0.3 is 24.2 Å². The summed E-state index contributed by atoms with van der Waals surface area (Å²) < 4.78 is 9.99. The molecular weight excluding hydrogens is 320 g/mol. The topological polar surface area (TPSA) is 174 Å². The predicted octanol–water partition coefficient (Wildman–Crippen LogP) is -0.258. The maximum absolute atomic E-state index is 10.7. The van der Waals surface area contributed by atoms with Crippen molar-refractivity contribution >= 4 is 24.2 Å². The summed E-state index contributed by atoms with van der Waals surface area (Å²) >= 11 is 0. The van der Waals surface area contributed by atoms with Crippen molar-refractivity contribution in [3.63, 3.8) is 0 Å². The van der Waals surface area contributed by atoms with Crippen LogP contribution in [0.5, 0.6) is 0 Å². The van der Waals surface area contributed by atoms with Crippen LogP contribution in [0.1, 0.15) is 0 Å². The molecule has 3 amide bonds. The van der Waals surface area contributed by atoms with Gasteiger partial charge in [0.15, 0.2) is 0 Å². The SMILES string of the molecule is O=C(O)CN(CCOCCOCCN(C(=O)O)C(=O)O)C(=O)O. The number of rotatable bonds is 11. The van der Waals surface area contributed by atoms with Gasteiger partial charge < -0.3 is 29.9 Å². The van der Waals surface area contributed by atoms with Crippen molar-refractivity contribution in [1.29, 1.82) is 0 Å². The molecule has 0 radical (unpaired) electrons. The van der Waals surface area contributed by atoms with E-state index in [1.807, 2.05) is 0 Å². The molecule has 0 saturated heterocycles. The molecule has 0 aliphatic heterocycles. The van der Waals surface area contributed by atoms with Crippen LogP contribution >= 0.6 is 0 Å². The van der Waals surface area contributed by atoms with Crippen molar-refractivity contribution in [2.24, 2.45) is 0 Å². The van der Waals surface area contributed by atoms with Gasteiger partial charge in [-0.2, -0.15) is 0 Å². The lowest BCUT2D eigenvalue weighted by molar-refractivity contribution is -0.138. The Balaban J connectivity index is 3.73. The number of imide groups is 1. The lowest BCUT2D eigenvalue weighted by Crippen LogP contribution is -2.37. The van der Waals surface area contributed by atoms with E-state index in [1.54, 1.807) is 0 Å². The number of carboxylic acid groups (broad SMARTS) is 4. The van der Waals surface area contributed by atoms with Crippen LogP contribution in [-0.2, 0) is 14.3 Å². The minimum Gasteiger partial charge on any atom is -0.480 e. The highest BCUT2D eigenvalue weighted by Gasteiger charge is 2.18. The third-order valence-electron chi connectivity index (χ3n) is 2.40. The van der Waals surface area contributed by atoms with Crippen molar-refractivity contribution in [3.8, 4) is 0 Å². The van der Waals surface area contributed by atoms with Crippen LogP contribution in [0.15, 0.2) is 0 Å². The second-order valence-electron chi connectivity index (χ2n) is 4.04. The van der Waals surface area contributed by atoms with Gasteiger partial charge in [0.05, 0.1) is 33.0 Å². The van der Waals surface area contributed by atoms with Gasteiger partial charge in [0, 0.05) is 6.54 Å². The second kappa shape index (κ2) is 11.0. The monoisotopic (exact) mass is 338 g/mol. The van der Waals surface area contributed by atoms with Crippen molar-refractivity contribution in [2.45, 2.75) is 0 Å². The van der Waals surface area contributed by atoms with Crippen molar-refractivity contribution in [2.75, 3.05) is 46.1 Å². The smallest absolute Gasteiger partial charge is 0.416 e. The Hall–Kier alpha value is -2.60. The molecule has 0 aromatic carbocycles. The number of ether oxygens (including phenoxy) is 2. The molecule has 0 aliphatic rings. The van der Waals surface area contributed by atoms with Gasteiger partial charge in [-0.3, -0.25) is 9.69 Å². The Morgan fingerprint density at radius 2 is 1.17 bits per heavy atom. The summed E-state index contributed by atoms with van der Waals surface area (Å²) in [6.45, 7) is -1.24. The molecule has 0 aromatic heterocycles. The molecule has 0 bridgehead atoms. The molecule has 12 nitrogen and oxygen atoms in total. The van der Waals surface area contributed by atoms with E-state index in [4.69, 9.17) is 29.9 Å². The fourth-order valence-corrected chi connectivity index (χ4v) is 1.33. The Morgan fingerprint density at radius 1 is 0.696 bits per heavy atom. The van der Waals surface area contributed by atoms with Gasteiger partial charge in [-0.1, -0.05) is 0 Å². The molecule has 23 heavy (non-hydrogen) atoms. The summed E-state index contributed by atoms with van der Waals surface area (Å²) in [6.07, 6.45) is -4.59. The fourth-order valence-electron chi connectivity index (χ4n) is 1.33.